The summed E-state index contributed by atoms with van der Waals surface area (Å²) in [5.41, 5.74) is -0.148. The molecule has 1 aromatic carbocycles. The number of allylic oxidation sites excluding steroid dienone is 1. The van der Waals surface area contributed by atoms with Crippen molar-refractivity contribution in [1.82, 2.24) is 4.90 Å². The summed E-state index contributed by atoms with van der Waals surface area (Å²) in [4.78, 5) is 25.0. The summed E-state index contributed by atoms with van der Waals surface area (Å²) in [5.74, 6) is -1.90. The maximum absolute atomic E-state index is 12.4. The van der Waals surface area contributed by atoms with Gasteiger partial charge >= 0.3 is 5.97 Å². The van der Waals surface area contributed by atoms with Crippen LogP contribution in [0.1, 0.15) is 17.3 Å². The number of benzene rings is 1. The maximum atomic E-state index is 12.4. The number of aromatic carboxylic acids is 1. The van der Waals surface area contributed by atoms with Crippen molar-refractivity contribution in [1.29, 1.82) is 0 Å². The number of hydrogen-bond donors (Lipinski definition) is 2. The van der Waals surface area contributed by atoms with E-state index >= 15 is 0 Å². The highest BCUT2D eigenvalue weighted by Crippen LogP contribution is 2.21. The molecule has 1 heterocycles. The van der Waals surface area contributed by atoms with Crippen molar-refractivity contribution in [2.75, 3.05) is 26.3 Å². The van der Waals surface area contributed by atoms with Crippen LogP contribution in [0.15, 0.2) is 46.0 Å². The average molecular weight is 319 g/mol. The number of morpholine rings is 1. The zero-order valence-corrected chi connectivity index (χ0v) is 12.6. The molecular formula is C15H17N3O5. The van der Waals surface area contributed by atoms with Crippen molar-refractivity contribution < 1.29 is 24.5 Å². The highest BCUT2D eigenvalue weighted by molar-refractivity contribution is 5.94. The van der Waals surface area contributed by atoms with Gasteiger partial charge in [-0.25, -0.2) is 4.79 Å². The summed E-state index contributed by atoms with van der Waals surface area (Å²) in [6, 6.07) is 6.03. The second-order valence-electron chi connectivity index (χ2n) is 4.86. The van der Waals surface area contributed by atoms with Crippen LogP contribution >= 0.6 is 0 Å². The molecule has 0 unspecified atom stereocenters. The van der Waals surface area contributed by atoms with Crippen molar-refractivity contribution in [2.24, 2.45) is 10.2 Å². The van der Waals surface area contributed by atoms with Gasteiger partial charge in [-0.15, -0.1) is 10.2 Å². The molecule has 2 N–H and O–H groups in total. The first-order chi connectivity index (χ1) is 11.0. The lowest BCUT2D eigenvalue weighted by atomic mass is 10.2. The third-order valence-corrected chi connectivity index (χ3v) is 3.24. The molecule has 0 atom stereocenters. The number of azo groups is 1. The Morgan fingerprint density at radius 3 is 2.43 bits per heavy atom. The SMILES string of the molecule is CC(O)=C(N=Nc1ccccc1C(=O)O)C(=O)N1CCOCC1. The summed E-state index contributed by atoms with van der Waals surface area (Å²) in [5, 5.41) is 26.4. The van der Waals surface area contributed by atoms with Gasteiger partial charge in [0, 0.05) is 13.1 Å². The van der Waals surface area contributed by atoms with Crippen molar-refractivity contribution in [2.45, 2.75) is 6.92 Å². The van der Waals surface area contributed by atoms with Crippen LogP contribution in [0.3, 0.4) is 0 Å². The number of aliphatic hydroxyl groups excluding tert-OH is 1. The second kappa shape index (κ2) is 7.50. The van der Waals surface area contributed by atoms with Gasteiger partial charge in [-0.05, 0) is 19.1 Å². The first-order valence-electron chi connectivity index (χ1n) is 7.01. The minimum absolute atomic E-state index is 0.0370. The van der Waals surface area contributed by atoms with Crippen molar-refractivity contribution in [3.63, 3.8) is 0 Å². The number of hydrogen-bond acceptors (Lipinski definition) is 6. The topological polar surface area (TPSA) is 112 Å². The highest BCUT2D eigenvalue weighted by atomic mass is 16.5. The minimum atomic E-state index is -1.15. The lowest BCUT2D eigenvalue weighted by molar-refractivity contribution is -0.131. The number of rotatable bonds is 4. The summed E-state index contributed by atoms with van der Waals surface area (Å²) < 4.78 is 5.17. The molecule has 0 saturated carbocycles. The molecule has 0 aliphatic carbocycles. The molecule has 2 rings (SSSR count). The Balaban J connectivity index is 2.25. The largest absolute Gasteiger partial charge is 0.510 e. The monoisotopic (exact) mass is 319 g/mol. The molecule has 1 amide bonds. The van der Waals surface area contributed by atoms with Gasteiger partial charge in [-0.3, -0.25) is 4.79 Å². The Morgan fingerprint density at radius 1 is 1.17 bits per heavy atom. The Hall–Kier alpha value is -2.74. The van der Waals surface area contributed by atoms with E-state index in [4.69, 9.17) is 9.84 Å². The van der Waals surface area contributed by atoms with Crippen LogP contribution in [0.25, 0.3) is 0 Å². The fraction of sp³-hybridized carbons (Fsp3) is 0.333. The summed E-state index contributed by atoms with van der Waals surface area (Å²) >= 11 is 0. The molecule has 1 fully saturated rings. The average Bonchev–Trinajstić information content (AvgIpc) is 2.55. The van der Waals surface area contributed by atoms with Crippen molar-refractivity contribution in [3.8, 4) is 0 Å². The molecule has 0 spiro atoms. The van der Waals surface area contributed by atoms with Crippen LogP contribution in [-0.4, -0.2) is 53.3 Å². The highest BCUT2D eigenvalue weighted by Gasteiger charge is 2.23. The molecule has 1 aliphatic heterocycles. The fourth-order valence-electron chi connectivity index (χ4n) is 2.03. The number of aliphatic hydroxyl groups is 1. The Kier molecular flexibility index (Phi) is 5.42. The van der Waals surface area contributed by atoms with Crippen LogP contribution in [0.2, 0.25) is 0 Å². The third kappa shape index (κ3) is 4.13. The van der Waals surface area contributed by atoms with Gasteiger partial charge in [-0.2, -0.15) is 0 Å². The Morgan fingerprint density at radius 2 is 1.83 bits per heavy atom. The Labute approximate surface area is 132 Å². The van der Waals surface area contributed by atoms with Gasteiger partial charge in [0.1, 0.15) is 11.4 Å². The van der Waals surface area contributed by atoms with E-state index in [9.17, 15) is 14.7 Å². The number of carbonyl (C=O) groups is 2. The molecule has 8 nitrogen and oxygen atoms in total. The lowest BCUT2D eigenvalue weighted by Gasteiger charge is -2.26. The zero-order valence-electron chi connectivity index (χ0n) is 12.6. The second-order valence-corrected chi connectivity index (χ2v) is 4.86. The van der Waals surface area contributed by atoms with E-state index in [0.29, 0.717) is 26.3 Å². The van der Waals surface area contributed by atoms with Gasteiger partial charge in [0.05, 0.1) is 18.8 Å². The third-order valence-electron chi connectivity index (χ3n) is 3.24. The van der Waals surface area contributed by atoms with E-state index < -0.39 is 11.9 Å². The smallest absolute Gasteiger partial charge is 0.337 e. The number of carboxylic acid groups (broad SMARTS) is 1. The number of carboxylic acids is 1. The van der Waals surface area contributed by atoms with Crippen molar-refractivity contribution in [3.05, 3.63) is 41.3 Å². The molecule has 1 aromatic rings. The van der Waals surface area contributed by atoms with Crippen LogP contribution in [-0.2, 0) is 9.53 Å². The van der Waals surface area contributed by atoms with Gasteiger partial charge in [0.25, 0.3) is 5.91 Å². The van der Waals surface area contributed by atoms with E-state index in [1.807, 2.05) is 0 Å². The first kappa shape index (κ1) is 16.6. The molecule has 1 aliphatic rings. The molecular weight excluding hydrogens is 302 g/mol. The minimum Gasteiger partial charge on any atom is -0.510 e. The summed E-state index contributed by atoms with van der Waals surface area (Å²) in [7, 11) is 0. The molecule has 0 bridgehead atoms. The van der Waals surface area contributed by atoms with E-state index in [1.165, 1.54) is 24.0 Å². The molecule has 122 valence electrons. The van der Waals surface area contributed by atoms with Crippen LogP contribution < -0.4 is 0 Å². The Bertz CT molecular complexity index is 659. The predicted octanol–water partition coefficient (Wildman–Crippen LogP) is 2.12. The molecule has 1 saturated heterocycles. The van der Waals surface area contributed by atoms with Gasteiger partial charge in [0.2, 0.25) is 0 Å². The number of carbonyl (C=O) groups excluding carboxylic acids is 1. The van der Waals surface area contributed by atoms with Gasteiger partial charge < -0.3 is 19.8 Å². The number of amides is 1. The summed E-state index contributed by atoms with van der Waals surface area (Å²) in [6.07, 6.45) is 0. The lowest BCUT2D eigenvalue weighted by Crippen LogP contribution is -2.41. The van der Waals surface area contributed by atoms with Crippen molar-refractivity contribution >= 4 is 17.6 Å². The quantitative estimate of drug-likeness (QED) is 0.501. The maximum Gasteiger partial charge on any atom is 0.337 e. The van der Waals surface area contributed by atoms with Crippen LogP contribution in [0, 0.1) is 0 Å². The van der Waals surface area contributed by atoms with E-state index in [0.717, 1.165) is 0 Å². The molecule has 8 heteroatoms. The molecule has 0 aromatic heterocycles. The number of ether oxygens (including phenoxy) is 1. The molecule has 23 heavy (non-hydrogen) atoms. The van der Waals surface area contributed by atoms with Gasteiger partial charge in [-0.1, -0.05) is 12.1 Å². The van der Waals surface area contributed by atoms with Crippen LogP contribution in [0.5, 0.6) is 0 Å². The van der Waals surface area contributed by atoms with E-state index in [1.54, 1.807) is 12.1 Å². The zero-order chi connectivity index (χ0) is 16.8. The number of nitrogens with zero attached hydrogens (tertiary/aromatic N) is 3. The first-order valence-corrected chi connectivity index (χ1v) is 7.01. The van der Waals surface area contributed by atoms with Gasteiger partial charge in [0.15, 0.2) is 5.70 Å². The standard InChI is InChI=1S/C15H17N3O5/c1-10(19)13(14(20)18-6-8-23-9-7-18)17-16-12-5-3-2-4-11(12)15(21)22/h2-5,19H,6-9H2,1H3,(H,21,22). The van der Waals surface area contributed by atoms with E-state index in [2.05, 4.69) is 10.2 Å². The fourth-order valence-corrected chi connectivity index (χ4v) is 2.03. The summed E-state index contributed by atoms with van der Waals surface area (Å²) in [6.45, 7) is 2.97. The van der Waals surface area contributed by atoms with Crippen LogP contribution in [0.4, 0.5) is 5.69 Å². The van der Waals surface area contributed by atoms with E-state index in [-0.39, 0.29) is 22.7 Å². The predicted molar refractivity (Wildman–Crippen MR) is 80.6 cm³/mol. The normalized spacial score (nSPS) is 16.3. The molecule has 0 radical (unpaired) electrons.